The van der Waals surface area contributed by atoms with Crippen molar-refractivity contribution in [1.82, 2.24) is 9.97 Å². The van der Waals surface area contributed by atoms with E-state index < -0.39 is 4.92 Å². The van der Waals surface area contributed by atoms with E-state index in [0.717, 1.165) is 13.0 Å². The fraction of sp³-hybridized carbons (Fsp3) is 0.600. The highest BCUT2D eigenvalue weighted by Gasteiger charge is 2.29. The van der Waals surface area contributed by atoms with Crippen LogP contribution in [-0.2, 0) is 0 Å². The van der Waals surface area contributed by atoms with E-state index in [1.165, 1.54) is 12.4 Å². The lowest BCUT2D eigenvalue weighted by Gasteiger charge is -2.20. The number of anilines is 1. The fourth-order valence-electron chi connectivity index (χ4n) is 2.15. The van der Waals surface area contributed by atoms with Crippen LogP contribution in [0.3, 0.4) is 0 Å². The van der Waals surface area contributed by atoms with Gasteiger partial charge in [0.15, 0.2) is 0 Å². The van der Waals surface area contributed by atoms with Gasteiger partial charge in [0.2, 0.25) is 5.95 Å². The molecule has 0 amide bonds. The van der Waals surface area contributed by atoms with Crippen LogP contribution in [0, 0.1) is 16.0 Å². The van der Waals surface area contributed by atoms with Gasteiger partial charge < -0.3 is 10.6 Å². The second-order valence-corrected chi connectivity index (χ2v) is 4.34. The summed E-state index contributed by atoms with van der Waals surface area (Å²) in [5, 5.41) is 10.5. The van der Waals surface area contributed by atoms with Crippen molar-refractivity contribution in [1.29, 1.82) is 0 Å². The van der Waals surface area contributed by atoms with E-state index in [2.05, 4.69) is 16.9 Å². The SMILES string of the molecule is CC1CC(CN)CN1c1ncc([N+](=O)[O-])cn1. The van der Waals surface area contributed by atoms with Gasteiger partial charge in [-0.25, -0.2) is 9.97 Å². The van der Waals surface area contributed by atoms with Crippen LogP contribution in [0.4, 0.5) is 11.6 Å². The summed E-state index contributed by atoms with van der Waals surface area (Å²) in [4.78, 5) is 20.1. The molecule has 7 nitrogen and oxygen atoms in total. The third-order valence-corrected chi connectivity index (χ3v) is 3.09. The highest BCUT2D eigenvalue weighted by molar-refractivity contribution is 5.36. The zero-order chi connectivity index (χ0) is 12.4. The van der Waals surface area contributed by atoms with Crippen molar-refractivity contribution in [2.75, 3.05) is 18.0 Å². The average Bonchev–Trinajstić information content (AvgIpc) is 2.71. The van der Waals surface area contributed by atoms with E-state index in [9.17, 15) is 10.1 Å². The summed E-state index contributed by atoms with van der Waals surface area (Å²) in [7, 11) is 0. The predicted octanol–water partition coefficient (Wildman–Crippen LogP) is 0.558. The van der Waals surface area contributed by atoms with E-state index in [1.54, 1.807) is 0 Å². The Balaban J connectivity index is 2.15. The third kappa shape index (κ3) is 2.33. The fourth-order valence-corrected chi connectivity index (χ4v) is 2.15. The first kappa shape index (κ1) is 11.7. The van der Waals surface area contributed by atoms with Crippen molar-refractivity contribution in [3.63, 3.8) is 0 Å². The molecule has 92 valence electrons. The molecule has 0 saturated carbocycles. The average molecular weight is 237 g/mol. The molecule has 2 unspecified atom stereocenters. The van der Waals surface area contributed by atoms with Crippen molar-refractivity contribution in [3.8, 4) is 0 Å². The van der Waals surface area contributed by atoms with Crippen LogP contribution in [0.1, 0.15) is 13.3 Å². The molecule has 0 aromatic carbocycles. The molecule has 1 aliphatic rings. The highest BCUT2D eigenvalue weighted by atomic mass is 16.6. The number of rotatable bonds is 3. The summed E-state index contributed by atoms with van der Waals surface area (Å²) in [6.45, 7) is 3.55. The normalized spacial score (nSPS) is 24.0. The maximum absolute atomic E-state index is 10.5. The van der Waals surface area contributed by atoms with Gasteiger partial charge in [0.25, 0.3) is 0 Å². The maximum atomic E-state index is 10.5. The summed E-state index contributed by atoms with van der Waals surface area (Å²) < 4.78 is 0. The molecular weight excluding hydrogens is 222 g/mol. The molecule has 1 aromatic rings. The molecule has 2 atom stereocenters. The van der Waals surface area contributed by atoms with E-state index in [0.29, 0.717) is 24.5 Å². The summed E-state index contributed by atoms with van der Waals surface area (Å²) in [6, 6.07) is 0.324. The van der Waals surface area contributed by atoms with Gasteiger partial charge in [-0.2, -0.15) is 0 Å². The standard InChI is InChI=1S/C10H15N5O2/c1-7-2-8(3-11)6-14(7)10-12-4-9(5-13-10)15(16)17/h4-5,7-8H,2-3,6,11H2,1H3. The van der Waals surface area contributed by atoms with E-state index in [4.69, 9.17) is 5.73 Å². The molecule has 0 radical (unpaired) electrons. The Morgan fingerprint density at radius 3 is 2.71 bits per heavy atom. The smallest absolute Gasteiger partial charge is 0.305 e. The minimum Gasteiger partial charge on any atom is -0.338 e. The minimum atomic E-state index is -0.500. The first-order valence-electron chi connectivity index (χ1n) is 5.55. The van der Waals surface area contributed by atoms with E-state index >= 15 is 0 Å². The Morgan fingerprint density at radius 1 is 1.59 bits per heavy atom. The first-order valence-corrected chi connectivity index (χ1v) is 5.55. The van der Waals surface area contributed by atoms with Crippen LogP contribution < -0.4 is 10.6 Å². The Bertz CT molecular complexity index is 408. The molecule has 0 aliphatic carbocycles. The number of aromatic nitrogens is 2. The quantitative estimate of drug-likeness (QED) is 0.609. The zero-order valence-electron chi connectivity index (χ0n) is 9.61. The lowest BCUT2D eigenvalue weighted by molar-refractivity contribution is -0.385. The summed E-state index contributed by atoms with van der Waals surface area (Å²) >= 11 is 0. The van der Waals surface area contributed by atoms with Gasteiger partial charge in [-0.1, -0.05) is 0 Å². The summed E-state index contributed by atoms with van der Waals surface area (Å²) in [5.74, 6) is 0.989. The van der Waals surface area contributed by atoms with Gasteiger partial charge in [-0.05, 0) is 25.8 Å². The summed E-state index contributed by atoms with van der Waals surface area (Å²) in [5.41, 5.74) is 5.56. The molecule has 17 heavy (non-hydrogen) atoms. The third-order valence-electron chi connectivity index (χ3n) is 3.09. The molecule has 2 rings (SSSR count). The number of nitro groups is 1. The van der Waals surface area contributed by atoms with Crippen LogP contribution in [0.25, 0.3) is 0 Å². The van der Waals surface area contributed by atoms with Crippen LogP contribution in [0.15, 0.2) is 12.4 Å². The molecule has 1 aromatic heterocycles. The van der Waals surface area contributed by atoms with Crippen molar-refractivity contribution in [2.45, 2.75) is 19.4 Å². The number of nitrogens with two attached hydrogens (primary N) is 1. The maximum Gasteiger partial charge on any atom is 0.305 e. The van der Waals surface area contributed by atoms with Gasteiger partial charge >= 0.3 is 5.69 Å². The Hall–Kier alpha value is -1.76. The minimum absolute atomic E-state index is 0.0871. The summed E-state index contributed by atoms with van der Waals surface area (Å²) in [6.07, 6.45) is 3.49. The molecule has 2 N–H and O–H groups in total. The number of hydrogen-bond donors (Lipinski definition) is 1. The predicted molar refractivity (Wildman–Crippen MR) is 62.7 cm³/mol. The van der Waals surface area contributed by atoms with Crippen LogP contribution in [-0.4, -0.2) is 34.0 Å². The molecule has 2 heterocycles. The van der Waals surface area contributed by atoms with Crippen molar-refractivity contribution >= 4 is 11.6 Å². The number of hydrogen-bond acceptors (Lipinski definition) is 6. The van der Waals surface area contributed by atoms with Gasteiger partial charge in [-0.15, -0.1) is 0 Å². The van der Waals surface area contributed by atoms with Crippen LogP contribution >= 0.6 is 0 Å². The van der Waals surface area contributed by atoms with Crippen molar-refractivity contribution in [2.24, 2.45) is 11.7 Å². The number of nitrogens with zero attached hydrogens (tertiary/aromatic N) is 4. The molecule has 1 aliphatic heterocycles. The molecule has 0 bridgehead atoms. The van der Waals surface area contributed by atoms with Crippen molar-refractivity contribution in [3.05, 3.63) is 22.5 Å². The molecule has 0 spiro atoms. The molecular formula is C10H15N5O2. The lowest BCUT2D eigenvalue weighted by atomic mass is 10.1. The second-order valence-electron chi connectivity index (χ2n) is 4.34. The van der Waals surface area contributed by atoms with Crippen LogP contribution in [0.2, 0.25) is 0 Å². The Kier molecular flexibility index (Phi) is 3.19. The molecule has 7 heteroatoms. The van der Waals surface area contributed by atoms with E-state index in [-0.39, 0.29) is 5.69 Å². The molecule has 1 saturated heterocycles. The van der Waals surface area contributed by atoms with Gasteiger partial charge in [0.1, 0.15) is 12.4 Å². The second kappa shape index (κ2) is 4.62. The van der Waals surface area contributed by atoms with E-state index in [1.807, 2.05) is 4.90 Å². The monoisotopic (exact) mass is 237 g/mol. The van der Waals surface area contributed by atoms with Gasteiger partial charge in [0.05, 0.1) is 4.92 Å². The van der Waals surface area contributed by atoms with Crippen molar-refractivity contribution < 1.29 is 4.92 Å². The molecule has 1 fully saturated rings. The largest absolute Gasteiger partial charge is 0.338 e. The van der Waals surface area contributed by atoms with Gasteiger partial charge in [0, 0.05) is 12.6 Å². The highest BCUT2D eigenvalue weighted by Crippen LogP contribution is 2.26. The lowest BCUT2D eigenvalue weighted by Crippen LogP contribution is -2.29. The zero-order valence-corrected chi connectivity index (χ0v) is 9.61. The van der Waals surface area contributed by atoms with Crippen LogP contribution in [0.5, 0.6) is 0 Å². The first-order chi connectivity index (χ1) is 8.11. The van der Waals surface area contributed by atoms with Gasteiger partial charge in [-0.3, -0.25) is 10.1 Å². The Morgan fingerprint density at radius 2 is 2.24 bits per heavy atom. The topological polar surface area (TPSA) is 98.2 Å². The Labute approximate surface area is 98.8 Å².